The lowest BCUT2D eigenvalue weighted by Gasteiger charge is -2.35. The largest absolute Gasteiger partial charge is 0.353 e. The Morgan fingerprint density at radius 1 is 0.848 bits per heavy atom. The summed E-state index contributed by atoms with van der Waals surface area (Å²) in [6.45, 7) is 5.09. The maximum atomic E-state index is 9.40. The van der Waals surface area contributed by atoms with Gasteiger partial charge in [0.25, 0.3) is 0 Å². The van der Waals surface area contributed by atoms with Gasteiger partial charge in [-0.3, -0.25) is 4.90 Å². The van der Waals surface area contributed by atoms with Crippen LogP contribution in [0.2, 0.25) is 0 Å². The molecule has 166 valence electrons. The van der Waals surface area contributed by atoms with Crippen molar-refractivity contribution in [1.82, 2.24) is 19.0 Å². The molecule has 33 heavy (non-hydrogen) atoms. The first-order valence-corrected chi connectivity index (χ1v) is 11.7. The molecule has 0 unspecified atom stereocenters. The van der Waals surface area contributed by atoms with Crippen molar-refractivity contribution in [2.24, 2.45) is 0 Å². The van der Waals surface area contributed by atoms with Crippen molar-refractivity contribution in [3.05, 3.63) is 88.8 Å². The van der Waals surface area contributed by atoms with Gasteiger partial charge in [-0.15, -0.1) is 0 Å². The van der Waals surface area contributed by atoms with Gasteiger partial charge < -0.3 is 14.0 Å². The number of nitrogens with zero attached hydrogens (tertiary/aromatic N) is 6. The monoisotopic (exact) mass is 454 g/mol. The van der Waals surface area contributed by atoms with Gasteiger partial charge in [-0.05, 0) is 48.5 Å². The first-order chi connectivity index (χ1) is 16.2. The molecule has 4 aromatic rings. The highest BCUT2D eigenvalue weighted by Gasteiger charge is 2.21. The molecular formula is C26H26N6S. The van der Waals surface area contributed by atoms with E-state index in [1.807, 2.05) is 12.1 Å². The van der Waals surface area contributed by atoms with Gasteiger partial charge >= 0.3 is 0 Å². The average Bonchev–Trinajstić information content (AvgIpc) is 3.14. The number of benzene rings is 2. The van der Waals surface area contributed by atoms with Crippen molar-refractivity contribution in [1.29, 1.82) is 5.26 Å². The molecule has 0 aliphatic carbocycles. The predicted octanol–water partition coefficient (Wildman–Crippen LogP) is 4.46. The molecule has 0 spiro atoms. The molecule has 1 aliphatic rings. The van der Waals surface area contributed by atoms with E-state index in [2.05, 4.69) is 84.6 Å². The van der Waals surface area contributed by atoms with E-state index in [-0.39, 0.29) is 0 Å². The van der Waals surface area contributed by atoms with Gasteiger partial charge in [0.1, 0.15) is 11.9 Å². The van der Waals surface area contributed by atoms with Crippen molar-refractivity contribution in [2.75, 3.05) is 31.1 Å². The van der Waals surface area contributed by atoms with Gasteiger partial charge in [-0.1, -0.05) is 42.5 Å². The van der Waals surface area contributed by atoms with Crippen molar-refractivity contribution in [2.45, 2.75) is 19.6 Å². The summed E-state index contributed by atoms with van der Waals surface area (Å²) < 4.78 is 5.39. The number of nitriles is 1. The normalized spacial score (nSPS) is 14.5. The number of fused-ring (bicyclic) bond motifs is 1. The first kappa shape index (κ1) is 21.4. The smallest absolute Gasteiger partial charge is 0.181 e. The molecule has 3 heterocycles. The number of aromatic nitrogens is 3. The van der Waals surface area contributed by atoms with E-state index in [1.165, 1.54) is 16.6 Å². The molecule has 7 heteroatoms. The van der Waals surface area contributed by atoms with Crippen LogP contribution in [0.1, 0.15) is 11.1 Å². The Bertz CT molecular complexity index is 1340. The molecular weight excluding hydrogens is 428 g/mol. The fourth-order valence-corrected chi connectivity index (χ4v) is 4.89. The number of pyridine rings is 1. The van der Waals surface area contributed by atoms with Crippen LogP contribution in [-0.4, -0.2) is 45.2 Å². The van der Waals surface area contributed by atoms with E-state index in [4.69, 9.17) is 12.2 Å². The summed E-state index contributed by atoms with van der Waals surface area (Å²) in [5.74, 6) is 0.786. The Balaban J connectivity index is 1.33. The Hall–Kier alpha value is -3.47. The van der Waals surface area contributed by atoms with Gasteiger partial charge in [0.2, 0.25) is 0 Å². The SMILES string of the molecule is N#Cc1cccnc1N1CCN(Cn2c(=S)n(CCc3ccccc3)c3ccccc32)CC1. The van der Waals surface area contributed by atoms with Crippen LogP contribution in [-0.2, 0) is 19.6 Å². The van der Waals surface area contributed by atoms with Crippen molar-refractivity contribution < 1.29 is 0 Å². The molecule has 0 bridgehead atoms. The number of aryl methyl sites for hydroxylation is 2. The van der Waals surface area contributed by atoms with E-state index in [9.17, 15) is 5.26 Å². The Morgan fingerprint density at radius 2 is 1.55 bits per heavy atom. The molecule has 0 saturated carbocycles. The Kier molecular flexibility index (Phi) is 6.20. The number of hydrogen-bond acceptors (Lipinski definition) is 5. The Labute approximate surface area is 198 Å². The number of hydrogen-bond donors (Lipinski definition) is 0. The van der Waals surface area contributed by atoms with Crippen LogP contribution in [0.5, 0.6) is 0 Å². The molecule has 2 aromatic heterocycles. The lowest BCUT2D eigenvalue weighted by molar-refractivity contribution is 0.207. The summed E-state index contributed by atoms with van der Waals surface area (Å²) in [6.07, 6.45) is 2.71. The fourth-order valence-electron chi connectivity index (χ4n) is 4.55. The highest BCUT2D eigenvalue weighted by Crippen LogP contribution is 2.22. The van der Waals surface area contributed by atoms with Gasteiger partial charge in [0.05, 0.1) is 23.3 Å². The second-order valence-corrected chi connectivity index (χ2v) is 8.68. The number of anilines is 1. The molecule has 0 radical (unpaired) electrons. The summed E-state index contributed by atoms with van der Waals surface area (Å²) in [4.78, 5) is 9.08. The standard InChI is InChI=1S/C26H26N6S/c27-19-22-9-6-13-28-25(22)30-17-15-29(16-18-30)20-32-24-11-5-4-10-23(24)31(26(32)33)14-12-21-7-2-1-3-8-21/h1-11,13H,12,14-18,20H2. The van der Waals surface area contributed by atoms with E-state index >= 15 is 0 Å². The summed E-state index contributed by atoms with van der Waals surface area (Å²) in [5, 5.41) is 9.40. The third-order valence-corrected chi connectivity index (χ3v) is 6.75. The lowest BCUT2D eigenvalue weighted by atomic mass is 10.1. The first-order valence-electron chi connectivity index (χ1n) is 11.3. The molecule has 1 fully saturated rings. The molecule has 1 saturated heterocycles. The molecule has 6 nitrogen and oxygen atoms in total. The number of rotatable bonds is 6. The summed E-state index contributed by atoms with van der Waals surface area (Å²) in [6, 6.07) is 24.9. The molecule has 0 amide bonds. The van der Waals surface area contributed by atoms with E-state index in [0.29, 0.717) is 5.56 Å². The topological polar surface area (TPSA) is 53.0 Å². The maximum absolute atomic E-state index is 9.40. The lowest BCUT2D eigenvalue weighted by Crippen LogP contribution is -2.47. The minimum atomic E-state index is 0.634. The summed E-state index contributed by atoms with van der Waals surface area (Å²) >= 11 is 5.95. The number of imidazole rings is 1. The van der Waals surface area contributed by atoms with Crippen LogP contribution in [0.3, 0.4) is 0 Å². The molecule has 0 atom stereocenters. The third-order valence-electron chi connectivity index (χ3n) is 6.31. The van der Waals surface area contributed by atoms with Crippen LogP contribution < -0.4 is 4.90 Å². The van der Waals surface area contributed by atoms with Crippen molar-refractivity contribution in [3.8, 4) is 6.07 Å². The van der Waals surface area contributed by atoms with Crippen LogP contribution in [0.25, 0.3) is 11.0 Å². The molecule has 0 N–H and O–H groups in total. The highest BCUT2D eigenvalue weighted by atomic mass is 32.1. The van der Waals surface area contributed by atoms with Gasteiger partial charge in [0, 0.05) is 38.9 Å². The maximum Gasteiger partial charge on any atom is 0.181 e. The van der Waals surface area contributed by atoms with Gasteiger partial charge in [-0.2, -0.15) is 5.26 Å². The zero-order valence-corrected chi connectivity index (χ0v) is 19.3. The van der Waals surface area contributed by atoms with Gasteiger partial charge in [0.15, 0.2) is 4.77 Å². The second kappa shape index (κ2) is 9.57. The van der Waals surface area contributed by atoms with E-state index in [1.54, 1.807) is 6.20 Å². The highest BCUT2D eigenvalue weighted by molar-refractivity contribution is 7.71. The summed E-state index contributed by atoms with van der Waals surface area (Å²) in [7, 11) is 0. The number of piperazine rings is 1. The van der Waals surface area contributed by atoms with Gasteiger partial charge in [-0.25, -0.2) is 4.98 Å². The minimum Gasteiger partial charge on any atom is -0.353 e. The van der Waals surface area contributed by atoms with Crippen molar-refractivity contribution >= 4 is 29.1 Å². The van der Waals surface area contributed by atoms with Crippen molar-refractivity contribution in [3.63, 3.8) is 0 Å². The summed E-state index contributed by atoms with van der Waals surface area (Å²) in [5.41, 5.74) is 4.31. The molecule has 1 aliphatic heterocycles. The minimum absolute atomic E-state index is 0.634. The quantitative estimate of drug-likeness (QED) is 0.403. The van der Waals surface area contributed by atoms with E-state index < -0.39 is 0 Å². The van der Waals surface area contributed by atoms with E-state index in [0.717, 1.165) is 56.4 Å². The fraction of sp³-hybridized carbons (Fsp3) is 0.269. The molecule has 2 aromatic carbocycles. The predicted molar refractivity (Wildman–Crippen MR) is 134 cm³/mol. The zero-order valence-electron chi connectivity index (χ0n) is 18.5. The Morgan fingerprint density at radius 3 is 2.27 bits per heavy atom. The van der Waals surface area contributed by atoms with Crippen LogP contribution in [0, 0.1) is 16.1 Å². The molecule has 5 rings (SSSR count). The zero-order chi connectivity index (χ0) is 22.6. The third kappa shape index (κ3) is 4.40. The van der Waals surface area contributed by atoms with Crippen LogP contribution in [0.4, 0.5) is 5.82 Å². The van der Waals surface area contributed by atoms with Crippen LogP contribution >= 0.6 is 12.2 Å². The van der Waals surface area contributed by atoms with Crippen LogP contribution in [0.15, 0.2) is 72.9 Å². The second-order valence-electron chi connectivity index (χ2n) is 8.32. The number of para-hydroxylation sites is 2. The average molecular weight is 455 g/mol.